The number of H-pyrrole nitrogens is 1. The van der Waals surface area contributed by atoms with E-state index in [1.165, 1.54) is 0 Å². The molecule has 0 aliphatic carbocycles. The van der Waals surface area contributed by atoms with E-state index in [0.29, 0.717) is 17.4 Å². The minimum absolute atomic E-state index is 0.355. The van der Waals surface area contributed by atoms with Gasteiger partial charge in [-0.25, -0.2) is 9.97 Å². The standard InChI is InChI=1S/C7H6N6/c8-6-10-3-4-5(11-6)12-7-9-1-2-13(4)7/h1-3H,(H3,8,9,10,11,12). The highest BCUT2D eigenvalue weighted by Gasteiger charge is 2.05. The molecule has 6 heteroatoms. The van der Waals surface area contributed by atoms with Crippen molar-refractivity contribution in [3.05, 3.63) is 18.6 Å². The van der Waals surface area contributed by atoms with Crippen LogP contribution in [0, 0.1) is 0 Å². The number of nitrogen functional groups attached to an aromatic ring is 1. The molecular formula is C7H6N6. The van der Waals surface area contributed by atoms with Gasteiger partial charge in [-0.05, 0) is 0 Å². The number of anilines is 1. The van der Waals surface area contributed by atoms with Gasteiger partial charge >= 0.3 is 0 Å². The quantitative estimate of drug-likeness (QED) is 0.509. The van der Waals surface area contributed by atoms with Gasteiger partial charge in [0.25, 0.3) is 0 Å². The average molecular weight is 174 g/mol. The highest BCUT2D eigenvalue weighted by atomic mass is 15.2. The van der Waals surface area contributed by atoms with Crippen molar-refractivity contribution >= 4 is 22.9 Å². The number of hydrogen-bond donors (Lipinski definition) is 2. The van der Waals surface area contributed by atoms with Gasteiger partial charge in [-0.2, -0.15) is 4.98 Å². The topological polar surface area (TPSA) is 84.9 Å². The molecule has 0 radical (unpaired) electrons. The van der Waals surface area contributed by atoms with Crippen molar-refractivity contribution in [1.82, 2.24) is 24.3 Å². The van der Waals surface area contributed by atoms with Gasteiger partial charge < -0.3 is 10.7 Å². The third-order valence-electron chi connectivity index (χ3n) is 1.91. The van der Waals surface area contributed by atoms with Crippen LogP contribution in [0.3, 0.4) is 0 Å². The fourth-order valence-electron chi connectivity index (χ4n) is 1.34. The Hall–Kier alpha value is -2.11. The average Bonchev–Trinajstić information content (AvgIpc) is 2.62. The maximum absolute atomic E-state index is 5.48. The number of rotatable bonds is 0. The van der Waals surface area contributed by atoms with Gasteiger partial charge in [-0.15, -0.1) is 0 Å². The monoisotopic (exact) mass is 174 g/mol. The van der Waals surface area contributed by atoms with E-state index in [-0.39, 0.29) is 0 Å². The molecule has 0 amide bonds. The van der Waals surface area contributed by atoms with Crippen LogP contribution < -0.4 is 5.73 Å². The zero-order valence-corrected chi connectivity index (χ0v) is 6.60. The molecule has 0 unspecified atom stereocenters. The van der Waals surface area contributed by atoms with Crippen molar-refractivity contribution in [2.75, 3.05) is 5.73 Å². The van der Waals surface area contributed by atoms with Gasteiger partial charge in [0.15, 0.2) is 11.6 Å². The van der Waals surface area contributed by atoms with Crippen LogP contribution in [-0.4, -0.2) is 24.3 Å². The fourth-order valence-corrected chi connectivity index (χ4v) is 1.34. The number of fused-ring (bicyclic) bond motifs is 3. The molecule has 0 aromatic carbocycles. The summed E-state index contributed by atoms with van der Waals surface area (Å²) in [4.78, 5) is 15.1. The zero-order chi connectivity index (χ0) is 8.84. The maximum atomic E-state index is 5.48. The molecule has 0 aliphatic rings. The van der Waals surface area contributed by atoms with Crippen molar-refractivity contribution in [2.24, 2.45) is 0 Å². The van der Waals surface area contributed by atoms with Gasteiger partial charge in [0.1, 0.15) is 5.52 Å². The summed E-state index contributed by atoms with van der Waals surface area (Å²) in [5.74, 6) is 1.01. The summed E-state index contributed by atoms with van der Waals surface area (Å²) in [6.07, 6.45) is 5.19. The first kappa shape index (κ1) is 6.41. The van der Waals surface area contributed by atoms with E-state index in [4.69, 9.17) is 5.73 Å². The van der Waals surface area contributed by atoms with Crippen LogP contribution in [0.15, 0.2) is 18.6 Å². The molecule has 0 fully saturated rings. The number of imidazole rings is 2. The highest BCUT2D eigenvalue weighted by molar-refractivity contribution is 5.75. The molecule has 6 nitrogen and oxygen atoms in total. The molecular weight excluding hydrogens is 168 g/mol. The van der Waals surface area contributed by atoms with Crippen LogP contribution in [-0.2, 0) is 0 Å². The fraction of sp³-hybridized carbons (Fsp3) is 0. The summed E-state index contributed by atoms with van der Waals surface area (Å²) >= 11 is 0. The lowest BCUT2D eigenvalue weighted by molar-refractivity contribution is 1.20. The van der Waals surface area contributed by atoms with Crippen molar-refractivity contribution in [3.8, 4) is 0 Å². The largest absolute Gasteiger partial charge is 0.369 e. The van der Waals surface area contributed by atoms with Crippen molar-refractivity contribution in [3.63, 3.8) is 0 Å². The minimum atomic E-state index is 0.355. The molecule has 3 aromatic heterocycles. The van der Waals surface area contributed by atoms with Crippen LogP contribution >= 0.6 is 0 Å². The normalized spacial score (nSPS) is 11.4. The van der Waals surface area contributed by atoms with Crippen LogP contribution in [0.1, 0.15) is 0 Å². The van der Waals surface area contributed by atoms with Gasteiger partial charge in [0.05, 0.1) is 6.20 Å². The van der Waals surface area contributed by atoms with E-state index in [2.05, 4.69) is 19.9 Å². The third-order valence-corrected chi connectivity index (χ3v) is 1.91. The summed E-state index contributed by atoms with van der Waals surface area (Å²) in [5, 5.41) is 0. The number of aromatic nitrogens is 5. The maximum Gasteiger partial charge on any atom is 0.236 e. The third kappa shape index (κ3) is 0.738. The number of aromatic amines is 1. The summed E-state index contributed by atoms with van der Waals surface area (Å²) in [7, 11) is 0. The lowest BCUT2D eigenvalue weighted by Gasteiger charge is -1.91. The highest BCUT2D eigenvalue weighted by Crippen LogP contribution is 2.12. The van der Waals surface area contributed by atoms with E-state index in [1.807, 2.05) is 10.6 Å². The van der Waals surface area contributed by atoms with Crippen molar-refractivity contribution in [1.29, 1.82) is 0 Å². The predicted octanol–water partition coefficient (Wildman–Crippen LogP) is 0.188. The second-order valence-electron chi connectivity index (χ2n) is 2.71. The van der Waals surface area contributed by atoms with E-state index < -0.39 is 0 Å². The molecule has 3 rings (SSSR count). The van der Waals surface area contributed by atoms with E-state index in [0.717, 1.165) is 5.52 Å². The Labute approximate surface area is 72.4 Å². The number of nitrogens with one attached hydrogen (secondary N) is 1. The first-order chi connectivity index (χ1) is 6.34. The molecule has 3 aromatic rings. The Balaban J connectivity index is 2.59. The second-order valence-corrected chi connectivity index (χ2v) is 2.71. The molecule has 0 atom stereocenters. The van der Waals surface area contributed by atoms with Crippen LogP contribution in [0.4, 0.5) is 5.95 Å². The van der Waals surface area contributed by atoms with Crippen LogP contribution in [0.25, 0.3) is 16.9 Å². The summed E-state index contributed by atoms with van der Waals surface area (Å²) in [6, 6.07) is 0. The second kappa shape index (κ2) is 1.98. The lowest BCUT2D eigenvalue weighted by atomic mass is 10.5. The van der Waals surface area contributed by atoms with Gasteiger partial charge in [0, 0.05) is 12.4 Å². The summed E-state index contributed by atoms with van der Waals surface area (Å²) in [6.45, 7) is 0. The summed E-state index contributed by atoms with van der Waals surface area (Å²) in [5.41, 5.74) is 7.06. The van der Waals surface area contributed by atoms with Gasteiger partial charge in [-0.1, -0.05) is 0 Å². The van der Waals surface area contributed by atoms with E-state index in [9.17, 15) is 0 Å². The zero-order valence-electron chi connectivity index (χ0n) is 6.60. The Morgan fingerprint density at radius 2 is 2.31 bits per heavy atom. The van der Waals surface area contributed by atoms with Gasteiger partial charge in [-0.3, -0.25) is 4.40 Å². The Bertz CT molecular complexity index is 577. The number of nitrogens with two attached hydrogens (primary N) is 1. The molecule has 0 saturated carbocycles. The van der Waals surface area contributed by atoms with Gasteiger partial charge in [0.2, 0.25) is 5.78 Å². The Kier molecular flexibility index (Phi) is 0.974. The SMILES string of the molecule is Nc1ncc2c(nc3nccn32)[nH]1. The molecule has 13 heavy (non-hydrogen) atoms. The Morgan fingerprint density at radius 1 is 1.38 bits per heavy atom. The van der Waals surface area contributed by atoms with E-state index in [1.54, 1.807) is 12.4 Å². The number of hydrogen-bond acceptors (Lipinski definition) is 4. The lowest BCUT2D eigenvalue weighted by Crippen LogP contribution is -1.93. The van der Waals surface area contributed by atoms with Crippen LogP contribution in [0.2, 0.25) is 0 Å². The van der Waals surface area contributed by atoms with Crippen molar-refractivity contribution < 1.29 is 0 Å². The van der Waals surface area contributed by atoms with Crippen LogP contribution in [0.5, 0.6) is 0 Å². The number of nitrogens with zero attached hydrogens (tertiary/aromatic N) is 4. The molecule has 64 valence electrons. The minimum Gasteiger partial charge on any atom is -0.369 e. The first-order valence-corrected chi connectivity index (χ1v) is 3.78. The van der Waals surface area contributed by atoms with Crippen molar-refractivity contribution in [2.45, 2.75) is 0 Å². The Morgan fingerprint density at radius 3 is 3.23 bits per heavy atom. The molecule has 0 aliphatic heterocycles. The smallest absolute Gasteiger partial charge is 0.236 e. The van der Waals surface area contributed by atoms with E-state index >= 15 is 0 Å². The predicted molar refractivity (Wildman–Crippen MR) is 47.1 cm³/mol. The molecule has 0 bridgehead atoms. The molecule has 3 heterocycles. The first-order valence-electron chi connectivity index (χ1n) is 3.78. The molecule has 3 N–H and O–H groups in total. The molecule has 0 saturated heterocycles. The summed E-state index contributed by atoms with van der Waals surface area (Å²) < 4.78 is 1.85. The molecule has 0 spiro atoms.